The van der Waals surface area contributed by atoms with Crippen molar-refractivity contribution >= 4 is 22.0 Å². The van der Waals surface area contributed by atoms with Crippen LogP contribution in [0.3, 0.4) is 0 Å². The number of carbonyl (C=O) groups is 2. The molecule has 2 amide bonds. The zero-order valence-corrected chi connectivity index (χ0v) is 13.4. The Hall–Kier alpha value is -1.35. The van der Waals surface area contributed by atoms with Gasteiger partial charge in [0.1, 0.15) is 5.60 Å². The first kappa shape index (κ1) is 17.7. The fourth-order valence-electron chi connectivity index (χ4n) is 2.12. The lowest BCUT2D eigenvalue weighted by molar-refractivity contribution is -0.127. The third kappa shape index (κ3) is 7.28. The number of carbonyl (C=O) groups excluding carboxylic acids is 2. The van der Waals surface area contributed by atoms with E-state index in [-0.39, 0.29) is 30.5 Å². The fraction of sp³-hybridized carbons (Fsp3) is 0.833. The maximum Gasteiger partial charge on any atom is 0.407 e. The molecule has 9 heteroatoms. The quantitative estimate of drug-likeness (QED) is 0.717. The Bertz CT molecular complexity index is 498. The second-order valence-electron chi connectivity index (χ2n) is 6.17. The standard InChI is InChI=1S/C12H23N3O5S/c1-12(2,3)20-11(17)14-4-5-15-7-9(6-10(15)16)8-21(13,18)19/h9H,4-8H2,1-3H3,(H,14,17)(H2,13,18,19). The molecule has 0 bridgehead atoms. The van der Waals surface area contributed by atoms with Crippen LogP contribution in [0.1, 0.15) is 27.2 Å². The van der Waals surface area contributed by atoms with Crippen molar-refractivity contribution in [3.8, 4) is 0 Å². The molecule has 0 spiro atoms. The summed E-state index contributed by atoms with van der Waals surface area (Å²) in [5, 5.41) is 7.53. The molecule has 122 valence electrons. The SMILES string of the molecule is CC(C)(C)OC(=O)NCCN1CC(CS(N)(=O)=O)CC1=O. The van der Waals surface area contributed by atoms with Crippen LogP contribution < -0.4 is 10.5 Å². The summed E-state index contributed by atoms with van der Waals surface area (Å²) in [5.41, 5.74) is -0.575. The molecule has 0 aliphatic carbocycles. The van der Waals surface area contributed by atoms with Gasteiger partial charge >= 0.3 is 6.09 Å². The molecule has 0 saturated carbocycles. The maximum absolute atomic E-state index is 11.7. The molecule has 3 N–H and O–H groups in total. The lowest BCUT2D eigenvalue weighted by atomic mass is 10.1. The van der Waals surface area contributed by atoms with E-state index in [0.29, 0.717) is 13.1 Å². The first-order chi connectivity index (χ1) is 9.46. The highest BCUT2D eigenvalue weighted by atomic mass is 32.2. The molecule has 1 unspecified atom stereocenters. The average molecular weight is 321 g/mol. The predicted octanol–water partition coefficient (Wildman–Crippen LogP) is -0.352. The number of nitrogens with one attached hydrogen (secondary N) is 1. The molecular formula is C12H23N3O5S. The first-order valence-corrected chi connectivity index (χ1v) is 8.43. The van der Waals surface area contributed by atoms with E-state index in [1.807, 2.05) is 0 Å². The van der Waals surface area contributed by atoms with Crippen molar-refractivity contribution < 1.29 is 22.7 Å². The number of primary sulfonamides is 1. The summed E-state index contributed by atoms with van der Waals surface area (Å²) in [7, 11) is -3.58. The highest BCUT2D eigenvalue weighted by Crippen LogP contribution is 2.18. The van der Waals surface area contributed by atoms with Crippen molar-refractivity contribution in [3.63, 3.8) is 0 Å². The second kappa shape index (κ2) is 6.61. The summed E-state index contributed by atoms with van der Waals surface area (Å²) in [6.07, 6.45) is -0.377. The van der Waals surface area contributed by atoms with Gasteiger partial charge in [-0.15, -0.1) is 0 Å². The second-order valence-corrected chi connectivity index (χ2v) is 7.83. The molecule has 1 aliphatic rings. The Morgan fingerprint density at radius 3 is 2.62 bits per heavy atom. The summed E-state index contributed by atoms with van der Waals surface area (Å²) in [4.78, 5) is 24.7. The van der Waals surface area contributed by atoms with Crippen LogP contribution >= 0.6 is 0 Å². The molecule has 8 nitrogen and oxygen atoms in total. The summed E-state index contributed by atoms with van der Waals surface area (Å²) in [6.45, 7) is 6.19. The van der Waals surface area contributed by atoms with E-state index in [2.05, 4.69) is 5.32 Å². The number of hydrogen-bond donors (Lipinski definition) is 2. The fourth-order valence-corrected chi connectivity index (χ4v) is 3.00. The summed E-state index contributed by atoms with van der Waals surface area (Å²) in [5.74, 6) is -0.613. The molecular weight excluding hydrogens is 298 g/mol. The number of nitrogens with zero attached hydrogens (tertiary/aromatic N) is 1. The molecule has 0 aromatic carbocycles. The number of ether oxygens (including phenoxy) is 1. The van der Waals surface area contributed by atoms with Crippen LogP contribution in [0.25, 0.3) is 0 Å². The lowest BCUT2D eigenvalue weighted by Crippen LogP contribution is -2.38. The molecule has 1 fully saturated rings. The van der Waals surface area contributed by atoms with E-state index in [0.717, 1.165) is 0 Å². The van der Waals surface area contributed by atoms with Gasteiger partial charge in [0.25, 0.3) is 0 Å². The smallest absolute Gasteiger partial charge is 0.407 e. The molecule has 21 heavy (non-hydrogen) atoms. The normalized spacial score (nSPS) is 19.7. The molecule has 1 saturated heterocycles. The van der Waals surface area contributed by atoms with E-state index in [9.17, 15) is 18.0 Å². The number of hydrogen-bond acceptors (Lipinski definition) is 5. The van der Waals surface area contributed by atoms with E-state index in [4.69, 9.17) is 9.88 Å². The Labute approximate surface area is 125 Å². The number of amides is 2. The first-order valence-electron chi connectivity index (χ1n) is 6.71. The van der Waals surface area contributed by atoms with Crippen molar-refractivity contribution in [3.05, 3.63) is 0 Å². The minimum absolute atomic E-state index is 0.130. The molecule has 0 aromatic heterocycles. The molecule has 0 radical (unpaired) electrons. The van der Waals surface area contributed by atoms with Gasteiger partial charge in [-0.2, -0.15) is 0 Å². The zero-order chi connectivity index (χ0) is 16.3. The number of likely N-dealkylation sites (tertiary alicyclic amines) is 1. The van der Waals surface area contributed by atoms with Crippen molar-refractivity contribution in [1.29, 1.82) is 0 Å². The largest absolute Gasteiger partial charge is 0.444 e. The van der Waals surface area contributed by atoms with Gasteiger partial charge in [-0.1, -0.05) is 0 Å². The molecule has 1 atom stereocenters. The van der Waals surface area contributed by atoms with Crippen LogP contribution in [0.2, 0.25) is 0 Å². The van der Waals surface area contributed by atoms with Crippen LogP contribution in [0.15, 0.2) is 0 Å². The summed E-state index contributed by atoms with van der Waals surface area (Å²) in [6, 6.07) is 0. The van der Waals surface area contributed by atoms with Crippen molar-refractivity contribution in [2.45, 2.75) is 32.8 Å². The Morgan fingerprint density at radius 1 is 1.48 bits per heavy atom. The highest BCUT2D eigenvalue weighted by molar-refractivity contribution is 7.89. The van der Waals surface area contributed by atoms with E-state index in [1.54, 1.807) is 20.8 Å². The van der Waals surface area contributed by atoms with Crippen molar-refractivity contribution in [2.24, 2.45) is 11.1 Å². The average Bonchev–Trinajstić information content (AvgIpc) is 2.53. The van der Waals surface area contributed by atoms with Crippen molar-refractivity contribution in [1.82, 2.24) is 10.2 Å². The number of sulfonamides is 1. The van der Waals surface area contributed by atoms with E-state index in [1.165, 1.54) is 4.90 Å². The molecule has 1 rings (SSSR count). The Morgan fingerprint density at radius 2 is 2.10 bits per heavy atom. The summed E-state index contributed by atoms with van der Waals surface area (Å²) >= 11 is 0. The van der Waals surface area contributed by atoms with Gasteiger partial charge in [-0.25, -0.2) is 18.4 Å². The number of rotatable bonds is 5. The van der Waals surface area contributed by atoms with Gasteiger partial charge in [-0.05, 0) is 20.8 Å². The maximum atomic E-state index is 11.7. The van der Waals surface area contributed by atoms with Gasteiger partial charge in [0.2, 0.25) is 15.9 Å². The predicted molar refractivity (Wildman–Crippen MR) is 76.9 cm³/mol. The third-order valence-corrected chi connectivity index (χ3v) is 3.75. The van der Waals surface area contributed by atoms with Gasteiger partial charge in [-0.3, -0.25) is 4.79 Å². The summed E-state index contributed by atoms with van der Waals surface area (Å²) < 4.78 is 27.1. The van der Waals surface area contributed by atoms with Crippen LogP contribution in [0, 0.1) is 5.92 Å². The third-order valence-electron chi connectivity index (χ3n) is 2.81. The van der Waals surface area contributed by atoms with E-state index >= 15 is 0 Å². The van der Waals surface area contributed by atoms with Crippen LogP contribution in [0.5, 0.6) is 0 Å². The molecule has 1 heterocycles. The zero-order valence-electron chi connectivity index (χ0n) is 12.6. The lowest BCUT2D eigenvalue weighted by Gasteiger charge is -2.21. The van der Waals surface area contributed by atoms with Gasteiger partial charge in [0.05, 0.1) is 5.75 Å². The van der Waals surface area contributed by atoms with Crippen LogP contribution in [-0.2, 0) is 19.6 Å². The van der Waals surface area contributed by atoms with Crippen molar-refractivity contribution in [2.75, 3.05) is 25.4 Å². The minimum atomic E-state index is -3.58. The number of alkyl carbamates (subject to hydrolysis) is 1. The Kier molecular flexibility index (Phi) is 5.57. The van der Waals surface area contributed by atoms with Crippen LogP contribution in [0.4, 0.5) is 4.79 Å². The van der Waals surface area contributed by atoms with Gasteiger partial charge in [0, 0.05) is 32.0 Å². The monoisotopic (exact) mass is 321 g/mol. The van der Waals surface area contributed by atoms with E-state index < -0.39 is 21.7 Å². The minimum Gasteiger partial charge on any atom is -0.444 e. The topological polar surface area (TPSA) is 119 Å². The van der Waals surface area contributed by atoms with Gasteiger partial charge in [0.15, 0.2) is 0 Å². The van der Waals surface area contributed by atoms with Crippen LogP contribution in [-0.4, -0.2) is 56.3 Å². The number of nitrogens with two attached hydrogens (primary N) is 1. The molecule has 1 aliphatic heterocycles. The highest BCUT2D eigenvalue weighted by Gasteiger charge is 2.31. The Balaban J connectivity index is 2.33. The van der Waals surface area contributed by atoms with Gasteiger partial charge < -0.3 is 15.0 Å². The molecule has 0 aromatic rings.